The summed E-state index contributed by atoms with van der Waals surface area (Å²) in [4.78, 5) is 12.1. The normalized spacial score (nSPS) is 13.4. The highest BCUT2D eigenvalue weighted by atomic mass is 16.5. The summed E-state index contributed by atoms with van der Waals surface area (Å²) in [7, 11) is 0. The smallest absolute Gasteiger partial charge is 0.319 e. The Morgan fingerprint density at radius 3 is 2.69 bits per heavy atom. The summed E-state index contributed by atoms with van der Waals surface area (Å²) in [5.41, 5.74) is 4.16. The first-order valence-corrected chi connectivity index (χ1v) is 12.1. The highest BCUT2D eigenvalue weighted by Gasteiger charge is 2.28. The third-order valence-corrected chi connectivity index (χ3v) is 6.35. The molecule has 2 amide bonds. The van der Waals surface area contributed by atoms with Crippen molar-refractivity contribution in [3.05, 3.63) is 53.9 Å². The number of urea groups is 1. The number of anilines is 1. The quantitative estimate of drug-likeness (QED) is 0.335. The molecule has 2 aromatic carbocycles. The lowest BCUT2D eigenvalue weighted by Gasteiger charge is -2.30. The van der Waals surface area contributed by atoms with Crippen molar-refractivity contribution in [2.45, 2.75) is 51.6 Å². The third kappa shape index (κ3) is 4.73. The number of aromatic nitrogens is 5. The van der Waals surface area contributed by atoms with E-state index >= 15 is 0 Å². The van der Waals surface area contributed by atoms with Crippen molar-refractivity contribution in [2.75, 3.05) is 11.9 Å². The van der Waals surface area contributed by atoms with Crippen LogP contribution in [-0.4, -0.2) is 43.9 Å². The van der Waals surface area contributed by atoms with Crippen LogP contribution in [0.3, 0.4) is 0 Å². The van der Waals surface area contributed by atoms with Gasteiger partial charge in [-0.15, -0.1) is 10.2 Å². The van der Waals surface area contributed by atoms with Crippen molar-refractivity contribution in [1.29, 1.82) is 5.26 Å². The van der Waals surface area contributed by atoms with Crippen molar-refractivity contribution < 1.29 is 9.53 Å². The number of nitrogens with one attached hydrogen (secondary N) is 3. The molecule has 10 heteroatoms. The van der Waals surface area contributed by atoms with E-state index in [0.29, 0.717) is 36.1 Å². The maximum atomic E-state index is 12.1. The molecule has 1 aliphatic rings. The van der Waals surface area contributed by atoms with Crippen LogP contribution in [0.15, 0.2) is 42.5 Å². The second kappa shape index (κ2) is 10.1. The molecule has 1 fully saturated rings. The van der Waals surface area contributed by atoms with Gasteiger partial charge in [-0.3, -0.25) is 0 Å². The number of aromatic amines is 1. The summed E-state index contributed by atoms with van der Waals surface area (Å²) < 4.78 is 8.27. The van der Waals surface area contributed by atoms with Crippen LogP contribution in [0.2, 0.25) is 0 Å². The second-order valence-corrected chi connectivity index (χ2v) is 9.23. The van der Waals surface area contributed by atoms with Gasteiger partial charge in [0.15, 0.2) is 5.82 Å². The highest BCUT2D eigenvalue weighted by molar-refractivity contribution is 5.96. The maximum absolute atomic E-state index is 12.1. The number of hydrogen-bond acceptors (Lipinski definition) is 6. The van der Waals surface area contributed by atoms with E-state index in [0.717, 1.165) is 40.8 Å². The number of hydrogen-bond donors (Lipinski definition) is 3. The predicted octanol–water partition coefficient (Wildman–Crippen LogP) is 4.57. The van der Waals surface area contributed by atoms with Gasteiger partial charge in [0.25, 0.3) is 0 Å². The summed E-state index contributed by atoms with van der Waals surface area (Å²) in [6, 6.07) is 16.1. The molecular formula is C26H28N8O2. The Bertz CT molecular complexity index is 1400. The van der Waals surface area contributed by atoms with Gasteiger partial charge in [0, 0.05) is 35.6 Å². The summed E-state index contributed by atoms with van der Waals surface area (Å²) in [6.45, 7) is 4.25. The first-order valence-electron chi connectivity index (χ1n) is 12.1. The number of amides is 2. The minimum atomic E-state index is -0.245. The molecule has 4 aromatic rings. The summed E-state index contributed by atoms with van der Waals surface area (Å²) >= 11 is 0. The maximum Gasteiger partial charge on any atom is 0.319 e. The number of rotatable bonds is 8. The standard InChI is InChI=1S/C26H28N8O2/c1-16(2)28-26(35)29-18-8-6-17(7-9-18)25-22(15-27)21-11-10-20(36-13-12-24-30-32-33-31-24)14-23(21)34(25)19-4-3-5-19/h6-11,14,16,19H,3-5,12-13H2,1-2H3,(H2,28,29,35)(H,30,31,32,33). The van der Waals surface area contributed by atoms with Crippen LogP contribution in [0.5, 0.6) is 5.75 Å². The van der Waals surface area contributed by atoms with Crippen LogP contribution < -0.4 is 15.4 Å². The van der Waals surface area contributed by atoms with Crippen molar-refractivity contribution in [3.8, 4) is 23.1 Å². The molecule has 0 spiro atoms. The van der Waals surface area contributed by atoms with Crippen molar-refractivity contribution in [2.24, 2.45) is 0 Å². The molecule has 5 rings (SSSR count). The molecule has 1 aliphatic carbocycles. The van der Waals surface area contributed by atoms with Crippen molar-refractivity contribution in [3.63, 3.8) is 0 Å². The van der Waals surface area contributed by atoms with Gasteiger partial charge in [0.05, 0.1) is 23.4 Å². The van der Waals surface area contributed by atoms with Gasteiger partial charge in [-0.2, -0.15) is 10.5 Å². The Labute approximate surface area is 208 Å². The van der Waals surface area contributed by atoms with Gasteiger partial charge in [0.1, 0.15) is 11.8 Å². The van der Waals surface area contributed by atoms with Crippen LogP contribution in [0.4, 0.5) is 10.5 Å². The Morgan fingerprint density at radius 1 is 1.25 bits per heavy atom. The molecule has 3 N–H and O–H groups in total. The van der Waals surface area contributed by atoms with E-state index in [9.17, 15) is 10.1 Å². The molecule has 0 saturated heterocycles. The molecule has 0 radical (unpaired) electrons. The minimum absolute atomic E-state index is 0.0495. The van der Waals surface area contributed by atoms with E-state index in [1.165, 1.54) is 6.42 Å². The van der Waals surface area contributed by atoms with Gasteiger partial charge in [0.2, 0.25) is 0 Å². The monoisotopic (exact) mass is 484 g/mol. The molecule has 0 unspecified atom stereocenters. The Kier molecular flexibility index (Phi) is 6.54. The highest BCUT2D eigenvalue weighted by Crippen LogP contribution is 2.43. The summed E-state index contributed by atoms with van der Waals surface area (Å²) in [5, 5.41) is 30.6. The van der Waals surface area contributed by atoms with Gasteiger partial charge in [-0.1, -0.05) is 17.3 Å². The fraction of sp³-hybridized carbons (Fsp3) is 0.346. The summed E-state index contributed by atoms with van der Waals surface area (Å²) in [5.74, 6) is 1.33. The van der Waals surface area contributed by atoms with E-state index in [2.05, 4.69) is 41.9 Å². The molecule has 0 atom stereocenters. The first-order chi connectivity index (χ1) is 17.5. The molecule has 2 aromatic heterocycles. The number of nitriles is 1. The van der Waals surface area contributed by atoms with Crippen LogP contribution in [0.1, 0.15) is 50.5 Å². The molecule has 36 heavy (non-hydrogen) atoms. The average molecular weight is 485 g/mol. The van der Waals surface area contributed by atoms with E-state index < -0.39 is 0 Å². The Morgan fingerprint density at radius 2 is 2.06 bits per heavy atom. The van der Waals surface area contributed by atoms with Crippen molar-refractivity contribution >= 4 is 22.6 Å². The van der Waals surface area contributed by atoms with Gasteiger partial charge in [-0.05, 0) is 62.9 Å². The lowest BCUT2D eigenvalue weighted by atomic mass is 9.92. The first kappa shape index (κ1) is 23.4. The number of carbonyl (C=O) groups is 1. The van der Waals surface area contributed by atoms with E-state index in [4.69, 9.17) is 4.74 Å². The number of H-pyrrole nitrogens is 1. The largest absolute Gasteiger partial charge is 0.493 e. The van der Waals surface area contributed by atoms with Crippen LogP contribution in [-0.2, 0) is 6.42 Å². The SMILES string of the molecule is CC(C)NC(=O)Nc1ccc(-c2c(C#N)c3ccc(OCCc4nn[nH]n4)cc3n2C2CCC2)cc1. The Hall–Kier alpha value is -4.39. The number of ether oxygens (including phenoxy) is 1. The van der Waals surface area contributed by atoms with Gasteiger partial charge >= 0.3 is 6.03 Å². The number of benzene rings is 2. The minimum Gasteiger partial charge on any atom is -0.493 e. The van der Waals surface area contributed by atoms with E-state index in [1.54, 1.807) is 0 Å². The zero-order valence-corrected chi connectivity index (χ0v) is 20.3. The zero-order valence-electron chi connectivity index (χ0n) is 20.3. The lowest BCUT2D eigenvalue weighted by molar-refractivity contribution is 0.250. The van der Waals surface area contributed by atoms with E-state index in [-0.39, 0.29) is 12.1 Å². The number of nitrogens with zero attached hydrogens (tertiary/aromatic N) is 5. The average Bonchev–Trinajstić information content (AvgIpc) is 3.44. The van der Waals surface area contributed by atoms with E-state index in [1.807, 2.05) is 56.3 Å². The predicted molar refractivity (Wildman–Crippen MR) is 136 cm³/mol. The van der Waals surface area contributed by atoms with Crippen LogP contribution >= 0.6 is 0 Å². The lowest BCUT2D eigenvalue weighted by Crippen LogP contribution is -2.34. The fourth-order valence-electron chi connectivity index (χ4n) is 4.49. The molecule has 0 aliphatic heterocycles. The molecule has 0 bridgehead atoms. The molecular weight excluding hydrogens is 456 g/mol. The second-order valence-electron chi connectivity index (χ2n) is 9.23. The molecule has 184 valence electrons. The van der Waals surface area contributed by atoms with Gasteiger partial charge < -0.3 is 19.9 Å². The third-order valence-electron chi connectivity index (χ3n) is 6.35. The Balaban J connectivity index is 1.47. The van der Waals surface area contributed by atoms with Crippen LogP contribution in [0, 0.1) is 11.3 Å². The number of fused-ring (bicyclic) bond motifs is 1. The summed E-state index contributed by atoms with van der Waals surface area (Å²) in [6.07, 6.45) is 3.85. The molecule has 10 nitrogen and oxygen atoms in total. The molecule has 2 heterocycles. The number of carbonyl (C=O) groups excluding carboxylic acids is 1. The van der Waals surface area contributed by atoms with Crippen LogP contribution in [0.25, 0.3) is 22.2 Å². The molecule has 1 saturated carbocycles. The van der Waals surface area contributed by atoms with Gasteiger partial charge in [-0.25, -0.2) is 4.79 Å². The zero-order chi connectivity index (χ0) is 25.1. The number of tetrazole rings is 1. The fourth-order valence-corrected chi connectivity index (χ4v) is 4.49. The van der Waals surface area contributed by atoms with Crippen molar-refractivity contribution in [1.82, 2.24) is 30.5 Å². The topological polar surface area (TPSA) is 134 Å².